The van der Waals surface area contributed by atoms with Crippen LogP contribution in [0.3, 0.4) is 0 Å². The van der Waals surface area contributed by atoms with Gasteiger partial charge in [0.1, 0.15) is 10.4 Å². The second-order valence-corrected chi connectivity index (χ2v) is 6.12. The number of hydrogen-bond acceptors (Lipinski definition) is 3. The van der Waals surface area contributed by atoms with Crippen LogP contribution in [0, 0.1) is 6.92 Å². The molecule has 0 unspecified atom stereocenters. The van der Waals surface area contributed by atoms with Crippen LogP contribution in [0.25, 0.3) is 5.65 Å². The van der Waals surface area contributed by atoms with E-state index < -0.39 is 0 Å². The maximum atomic E-state index is 6.03. The van der Waals surface area contributed by atoms with Crippen molar-refractivity contribution < 1.29 is 4.74 Å². The van der Waals surface area contributed by atoms with Gasteiger partial charge in [0.15, 0.2) is 0 Å². The molecule has 21 heavy (non-hydrogen) atoms. The molecule has 108 valence electrons. The fourth-order valence-corrected chi connectivity index (χ4v) is 2.51. The maximum absolute atomic E-state index is 6.03. The Balaban J connectivity index is 2.06. The van der Waals surface area contributed by atoms with Gasteiger partial charge in [0.2, 0.25) is 5.65 Å². The minimum atomic E-state index is 0.454. The Hall–Kier alpha value is -1.88. The Bertz CT molecular complexity index is 795. The molecule has 5 heteroatoms. The SMILES string of the molecule is Cc1ccc(C(C)C)cc1Oc1nc(Br)cn2ccnc12. The topological polar surface area (TPSA) is 39.4 Å². The molecule has 0 aliphatic heterocycles. The van der Waals surface area contributed by atoms with E-state index in [-0.39, 0.29) is 0 Å². The summed E-state index contributed by atoms with van der Waals surface area (Å²) in [5, 5.41) is 0. The highest BCUT2D eigenvalue weighted by atomic mass is 79.9. The van der Waals surface area contributed by atoms with Crippen LogP contribution in [0.2, 0.25) is 0 Å². The molecule has 0 saturated carbocycles. The van der Waals surface area contributed by atoms with Gasteiger partial charge in [-0.25, -0.2) is 9.97 Å². The fourth-order valence-electron chi connectivity index (χ4n) is 2.13. The van der Waals surface area contributed by atoms with Crippen LogP contribution in [0.1, 0.15) is 30.9 Å². The van der Waals surface area contributed by atoms with Crippen LogP contribution in [0.15, 0.2) is 41.4 Å². The highest BCUT2D eigenvalue weighted by Gasteiger charge is 2.11. The van der Waals surface area contributed by atoms with Crippen LogP contribution >= 0.6 is 15.9 Å². The van der Waals surface area contributed by atoms with Crippen LogP contribution in [0.4, 0.5) is 0 Å². The number of fused-ring (bicyclic) bond motifs is 1. The molecule has 0 fully saturated rings. The van der Waals surface area contributed by atoms with Gasteiger partial charge in [-0.2, -0.15) is 0 Å². The Kier molecular flexibility index (Phi) is 3.68. The van der Waals surface area contributed by atoms with E-state index in [4.69, 9.17) is 4.74 Å². The van der Waals surface area contributed by atoms with E-state index in [2.05, 4.69) is 57.9 Å². The van der Waals surface area contributed by atoms with Crippen molar-refractivity contribution in [3.05, 3.63) is 52.5 Å². The van der Waals surface area contributed by atoms with Gasteiger partial charge in [-0.15, -0.1) is 0 Å². The zero-order valence-corrected chi connectivity index (χ0v) is 13.8. The lowest BCUT2D eigenvalue weighted by Gasteiger charge is -2.12. The summed E-state index contributed by atoms with van der Waals surface area (Å²) >= 11 is 3.40. The molecule has 3 rings (SSSR count). The molecular weight excluding hydrogens is 330 g/mol. The Labute approximate surface area is 131 Å². The first-order valence-corrected chi connectivity index (χ1v) is 7.61. The lowest BCUT2D eigenvalue weighted by molar-refractivity contribution is 0.459. The number of imidazole rings is 1. The molecule has 0 atom stereocenters. The number of rotatable bonds is 3. The van der Waals surface area contributed by atoms with Crippen LogP contribution in [-0.4, -0.2) is 14.4 Å². The van der Waals surface area contributed by atoms with Crippen molar-refractivity contribution in [1.82, 2.24) is 14.4 Å². The standard InChI is InChI=1S/C16H16BrN3O/c1-10(2)12-5-4-11(3)13(8-12)21-16-15-18-6-7-20(15)9-14(17)19-16/h4-10H,1-3H3. The van der Waals surface area contributed by atoms with Gasteiger partial charge in [-0.05, 0) is 46.0 Å². The monoisotopic (exact) mass is 345 g/mol. The molecule has 1 aromatic carbocycles. The minimum Gasteiger partial charge on any atom is -0.436 e. The predicted molar refractivity (Wildman–Crippen MR) is 86.0 cm³/mol. The summed E-state index contributed by atoms with van der Waals surface area (Å²) < 4.78 is 8.62. The molecule has 0 amide bonds. The van der Waals surface area contributed by atoms with Gasteiger partial charge < -0.3 is 4.74 Å². The highest BCUT2D eigenvalue weighted by molar-refractivity contribution is 9.10. The molecule has 0 N–H and O–H groups in total. The normalized spacial score (nSPS) is 11.3. The molecule has 3 aromatic rings. The van der Waals surface area contributed by atoms with Crippen molar-refractivity contribution in [2.45, 2.75) is 26.7 Å². The molecule has 0 aliphatic rings. The number of aromatic nitrogens is 3. The zero-order valence-electron chi connectivity index (χ0n) is 12.2. The minimum absolute atomic E-state index is 0.454. The smallest absolute Gasteiger partial charge is 0.264 e. The van der Waals surface area contributed by atoms with Gasteiger partial charge >= 0.3 is 0 Å². The first-order chi connectivity index (χ1) is 10.0. The van der Waals surface area contributed by atoms with Crippen molar-refractivity contribution >= 4 is 21.6 Å². The Morgan fingerprint density at radius 1 is 1.29 bits per heavy atom. The summed E-state index contributed by atoms with van der Waals surface area (Å²) in [5.41, 5.74) is 3.02. The number of aryl methyl sites for hydroxylation is 1. The van der Waals surface area contributed by atoms with Crippen molar-refractivity contribution in [3.8, 4) is 11.6 Å². The Morgan fingerprint density at radius 2 is 2.10 bits per heavy atom. The molecule has 2 aromatic heterocycles. The largest absolute Gasteiger partial charge is 0.436 e. The molecule has 0 saturated heterocycles. The predicted octanol–water partition coefficient (Wildman–Crippen LogP) is 4.72. The summed E-state index contributed by atoms with van der Waals surface area (Å²) in [6.45, 7) is 6.36. The maximum Gasteiger partial charge on any atom is 0.264 e. The average molecular weight is 346 g/mol. The second-order valence-electron chi connectivity index (χ2n) is 5.31. The third-order valence-corrected chi connectivity index (χ3v) is 3.78. The van der Waals surface area contributed by atoms with Crippen LogP contribution in [0.5, 0.6) is 11.6 Å². The second kappa shape index (κ2) is 5.48. The fraction of sp³-hybridized carbons (Fsp3) is 0.250. The lowest BCUT2D eigenvalue weighted by Crippen LogP contribution is -1.97. The first-order valence-electron chi connectivity index (χ1n) is 6.82. The summed E-state index contributed by atoms with van der Waals surface area (Å²) in [6, 6.07) is 6.28. The first kappa shape index (κ1) is 14.1. The molecule has 0 radical (unpaired) electrons. The molecular formula is C16H16BrN3O. The Morgan fingerprint density at radius 3 is 2.86 bits per heavy atom. The van der Waals surface area contributed by atoms with Gasteiger partial charge in [0.05, 0.1) is 0 Å². The molecule has 0 aliphatic carbocycles. The van der Waals surface area contributed by atoms with E-state index in [0.29, 0.717) is 22.0 Å². The van der Waals surface area contributed by atoms with E-state index >= 15 is 0 Å². The number of nitrogens with zero attached hydrogens (tertiary/aromatic N) is 3. The summed E-state index contributed by atoms with van der Waals surface area (Å²) in [4.78, 5) is 8.69. The summed E-state index contributed by atoms with van der Waals surface area (Å²) in [5.74, 6) is 1.77. The van der Waals surface area contributed by atoms with Gasteiger partial charge in [0, 0.05) is 18.6 Å². The molecule has 2 heterocycles. The van der Waals surface area contributed by atoms with Gasteiger partial charge in [-0.1, -0.05) is 26.0 Å². The summed E-state index contributed by atoms with van der Waals surface area (Å²) in [6.07, 6.45) is 5.45. The number of ether oxygens (including phenoxy) is 1. The number of hydrogen-bond donors (Lipinski definition) is 0. The van der Waals surface area contributed by atoms with E-state index in [9.17, 15) is 0 Å². The van der Waals surface area contributed by atoms with Crippen LogP contribution in [-0.2, 0) is 0 Å². The number of benzene rings is 1. The zero-order chi connectivity index (χ0) is 15.0. The number of halogens is 1. The van der Waals surface area contributed by atoms with Crippen molar-refractivity contribution in [2.75, 3.05) is 0 Å². The quantitative estimate of drug-likeness (QED) is 0.689. The van der Waals surface area contributed by atoms with Crippen molar-refractivity contribution in [2.24, 2.45) is 0 Å². The van der Waals surface area contributed by atoms with E-state index in [0.717, 1.165) is 11.3 Å². The third-order valence-electron chi connectivity index (χ3n) is 3.40. The van der Waals surface area contributed by atoms with Crippen molar-refractivity contribution in [1.29, 1.82) is 0 Å². The lowest BCUT2D eigenvalue weighted by atomic mass is 10.0. The van der Waals surface area contributed by atoms with E-state index in [1.165, 1.54) is 5.56 Å². The molecule has 4 nitrogen and oxygen atoms in total. The summed E-state index contributed by atoms with van der Waals surface area (Å²) in [7, 11) is 0. The highest BCUT2D eigenvalue weighted by Crippen LogP contribution is 2.30. The molecule has 0 bridgehead atoms. The van der Waals surface area contributed by atoms with Crippen molar-refractivity contribution in [3.63, 3.8) is 0 Å². The van der Waals surface area contributed by atoms with E-state index in [1.54, 1.807) is 6.20 Å². The third kappa shape index (κ3) is 2.78. The van der Waals surface area contributed by atoms with Crippen LogP contribution < -0.4 is 4.74 Å². The van der Waals surface area contributed by atoms with Gasteiger partial charge in [-0.3, -0.25) is 4.40 Å². The molecule has 0 spiro atoms. The average Bonchev–Trinajstić information content (AvgIpc) is 2.89. The van der Waals surface area contributed by atoms with E-state index in [1.807, 2.05) is 23.7 Å². The van der Waals surface area contributed by atoms with Gasteiger partial charge in [0.25, 0.3) is 5.88 Å².